The minimum atomic E-state index is -0.750. The molecule has 1 aliphatic rings. The highest BCUT2D eigenvalue weighted by molar-refractivity contribution is 5.86. The number of para-hydroxylation sites is 1. The fourth-order valence-corrected chi connectivity index (χ4v) is 4.02. The molecule has 1 aromatic carbocycles. The zero-order valence-electron chi connectivity index (χ0n) is 15.2. The predicted octanol–water partition coefficient (Wildman–Crippen LogP) is 4.95. The third kappa shape index (κ3) is 4.24. The molecule has 25 heavy (non-hydrogen) atoms. The quantitative estimate of drug-likeness (QED) is 0.565. The van der Waals surface area contributed by atoms with Crippen molar-refractivity contribution in [2.45, 2.75) is 76.8 Å². The molecule has 0 bridgehead atoms. The van der Waals surface area contributed by atoms with Gasteiger partial charge in [0.2, 0.25) is 0 Å². The first-order valence-corrected chi connectivity index (χ1v) is 9.79. The molecule has 2 atom stereocenters. The minimum Gasteiger partial charge on any atom is -0.480 e. The van der Waals surface area contributed by atoms with E-state index >= 15 is 0 Å². The molecule has 0 spiro atoms. The Bertz CT molecular complexity index is 707. The summed E-state index contributed by atoms with van der Waals surface area (Å²) in [7, 11) is 0. The van der Waals surface area contributed by atoms with Crippen molar-refractivity contribution < 1.29 is 9.90 Å². The van der Waals surface area contributed by atoms with E-state index in [9.17, 15) is 9.90 Å². The summed E-state index contributed by atoms with van der Waals surface area (Å²) in [5.41, 5.74) is 3.50. The smallest absolute Gasteiger partial charge is 0.321 e. The first-order valence-electron chi connectivity index (χ1n) is 9.79. The van der Waals surface area contributed by atoms with Gasteiger partial charge in [0.1, 0.15) is 6.04 Å². The molecule has 0 fully saturated rings. The van der Waals surface area contributed by atoms with Crippen LogP contribution in [-0.2, 0) is 11.2 Å². The average Bonchev–Trinajstić information content (AvgIpc) is 2.99. The number of rotatable bonds is 9. The van der Waals surface area contributed by atoms with E-state index in [2.05, 4.69) is 29.4 Å². The number of fused-ring (bicyclic) bond motifs is 3. The molecule has 0 unspecified atom stereocenters. The van der Waals surface area contributed by atoms with Gasteiger partial charge in [0, 0.05) is 29.1 Å². The molecule has 0 aliphatic carbocycles. The maximum atomic E-state index is 11.6. The normalized spacial score (nSPS) is 19.9. The van der Waals surface area contributed by atoms with Crippen LogP contribution in [0.4, 0.5) is 0 Å². The molecule has 1 aliphatic heterocycles. The molecule has 4 nitrogen and oxygen atoms in total. The maximum absolute atomic E-state index is 11.6. The van der Waals surface area contributed by atoms with E-state index in [0.717, 1.165) is 18.4 Å². The van der Waals surface area contributed by atoms with Crippen LogP contribution in [0.15, 0.2) is 24.3 Å². The van der Waals surface area contributed by atoms with E-state index in [0.29, 0.717) is 6.42 Å². The van der Waals surface area contributed by atoms with Crippen LogP contribution in [-0.4, -0.2) is 22.1 Å². The van der Waals surface area contributed by atoms with Gasteiger partial charge < -0.3 is 10.1 Å². The van der Waals surface area contributed by atoms with Crippen LogP contribution in [0, 0.1) is 0 Å². The van der Waals surface area contributed by atoms with Crippen molar-refractivity contribution in [3.05, 3.63) is 35.5 Å². The number of carbonyl (C=O) groups is 1. The van der Waals surface area contributed by atoms with Crippen molar-refractivity contribution in [3.63, 3.8) is 0 Å². The molecular formula is C21H30N2O2. The molecule has 0 saturated heterocycles. The highest BCUT2D eigenvalue weighted by Gasteiger charge is 2.32. The maximum Gasteiger partial charge on any atom is 0.321 e. The van der Waals surface area contributed by atoms with Gasteiger partial charge in [-0.1, -0.05) is 70.1 Å². The summed E-state index contributed by atoms with van der Waals surface area (Å²) in [6.45, 7) is 2.24. The number of aromatic nitrogens is 1. The van der Waals surface area contributed by atoms with Crippen molar-refractivity contribution >= 4 is 16.9 Å². The van der Waals surface area contributed by atoms with Crippen molar-refractivity contribution in [1.29, 1.82) is 0 Å². The van der Waals surface area contributed by atoms with Gasteiger partial charge in [-0.2, -0.15) is 0 Å². The highest BCUT2D eigenvalue weighted by Crippen LogP contribution is 2.34. The molecule has 0 saturated carbocycles. The molecule has 0 radical (unpaired) electrons. The lowest BCUT2D eigenvalue weighted by Gasteiger charge is -2.29. The number of hydrogen-bond acceptors (Lipinski definition) is 2. The minimum absolute atomic E-state index is 0.118. The molecule has 3 N–H and O–H groups in total. The largest absolute Gasteiger partial charge is 0.480 e. The van der Waals surface area contributed by atoms with Crippen LogP contribution >= 0.6 is 0 Å². The Hall–Kier alpha value is -1.81. The van der Waals surface area contributed by atoms with Gasteiger partial charge in [-0.05, 0) is 18.1 Å². The lowest BCUT2D eigenvalue weighted by atomic mass is 9.91. The lowest BCUT2D eigenvalue weighted by Crippen LogP contribution is -2.44. The van der Waals surface area contributed by atoms with Gasteiger partial charge in [0.25, 0.3) is 0 Å². The van der Waals surface area contributed by atoms with Crippen LogP contribution in [0.5, 0.6) is 0 Å². The molecule has 4 heteroatoms. The molecular weight excluding hydrogens is 312 g/mol. The topological polar surface area (TPSA) is 65.1 Å². The Labute approximate surface area is 150 Å². The predicted molar refractivity (Wildman–Crippen MR) is 102 cm³/mol. The SMILES string of the molecule is CCCCCCCCC[C@@H]1N[C@@H](C(=O)O)Cc2c1[nH]c1ccccc21. The van der Waals surface area contributed by atoms with Crippen LogP contribution < -0.4 is 5.32 Å². The third-order valence-corrected chi connectivity index (χ3v) is 5.40. The lowest BCUT2D eigenvalue weighted by molar-refractivity contribution is -0.139. The number of benzene rings is 1. The van der Waals surface area contributed by atoms with Gasteiger partial charge in [0.15, 0.2) is 0 Å². The number of carboxylic acids is 1. The zero-order chi connectivity index (χ0) is 17.6. The molecule has 2 aromatic rings. The Balaban J connectivity index is 1.66. The summed E-state index contributed by atoms with van der Waals surface area (Å²) >= 11 is 0. The average molecular weight is 342 g/mol. The van der Waals surface area contributed by atoms with Crippen molar-refractivity contribution in [3.8, 4) is 0 Å². The van der Waals surface area contributed by atoms with E-state index in [-0.39, 0.29) is 6.04 Å². The van der Waals surface area contributed by atoms with Crippen LogP contribution in [0.2, 0.25) is 0 Å². The Morgan fingerprint density at radius 2 is 1.84 bits per heavy atom. The summed E-state index contributed by atoms with van der Waals surface area (Å²) < 4.78 is 0. The number of aromatic amines is 1. The number of aliphatic carboxylic acids is 1. The van der Waals surface area contributed by atoms with Crippen molar-refractivity contribution in [1.82, 2.24) is 10.3 Å². The van der Waals surface area contributed by atoms with Gasteiger partial charge in [0.05, 0.1) is 0 Å². The van der Waals surface area contributed by atoms with Crippen molar-refractivity contribution in [2.75, 3.05) is 0 Å². The molecule has 2 heterocycles. The summed E-state index contributed by atoms with van der Waals surface area (Å²) in [4.78, 5) is 15.1. The monoisotopic (exact) mass is 342 g/mol. The highest BCUT2D eigenvalue weighted by atomic mass is 16.4. The Kier molecular flexibility index (Phi) is 6.14. The van der Waals surface area contributed by atoms with Gasteiger partial charge in [-0.3, -0.25) is 10.1 Å². The first-order chi connectivity index (χ1) is 12.2. The van der Waals surface area contributed by atoms with E-state index < -0.39 is 12.0 Å². The summed E-state index contributed by atoms with van der Waals surface area (Å²) in [5, 5.41) is 14.0. The van der Waals surface area contributed by atoms with Gasteiger partial charge in [-0.25, -0.2) is 0 Å². The third-order valence-electron chi connectivity index (χ3n) is 5.40. The standard InChI is InChI=1S/C21H30N2O2/c1-2-3-4-5-6-7-8-13-18-20-16(14-19(22-18)21(24)25)15-11-9-10-12-17(15)23-20/h9-12,18-19,22-23H,2-8,13-14H2,1H3,(H,24,25)/t18-,19+/m0/s1. The zero-order valence-corrected chi connectivity index (χ0v) is 15.2. The van der Waals surface area contributed by atoms with Crippen molar-refractivity contribution in [2.24, 2.45) is 0 Å². The molecule has 0 amide bonds. The first kappa shape index (κ1) is 18.0. The second kappa shape index (κ2) is 8.52. The molecule has 3 rings (SSSR count). The Morgan fingerprint density at radius 1 is 1.12 bits per heavy atom. The van der Waals surface area contributed by atoms with E-state index in [1.165, 1.54) is 55.2 Å². The fourth-order valence-electron chi connectivity index (χ4n) is 4.02. The van der Waals surface area contributed by atoms with Crippen LogP contribution in [0.1, 0.15) is 75.6 Å². The van der Waals surface area contributed by atoms with E-state index in [4.69, 9.17) is 0 Å². The number of nitrogens with one attached hydrogen (secondary N) is 2. The number of carboxylic acid groups (broad SMARTS) is 1. The summed E-state index contributed by atoms with van der Waals surface area (Å²) in [5.74, 6) is -0.750. The Morgan fingerprint density at radius 3 is 2.60 bits per heavy atom. The summed E-state index contributed by atoms with van der Waals surface area (Å²) in [6, 6.07) is 7.86. The van der Waals surface area contributed by atoms with E-state index in [1.807, 2.05) is 12.1 Å². The van der Waals surface area contributed by atoms with Crippen LogP contribution in [0.25, 0.3) is 10.9 Å². The molecule has 136 valence electrons. The second-order valence-corrected chi connectivity index (χ2v) is 7.29. The second-order valence-electron chi connectivity index (χ2n) is 7.29. The summed E-state index contributed by atoms with van der Waals surface area (Å²) in [6.07, 6.45) is 10.5. The van der Waals surface area contributed by atoms with Crippen LogP contribution in [0.3, 0.4) is 0 Å². The molecule has 1 aromatic heterocycles. The number of unbranched alkanes of at least 4 members (excludes halogenated alkanes) is 6. The van der Waals surface area contributed by atoms with Gasteiger partial charge >= 0.3 is 5.97 Å². The fraction of sp³-hybridized carbons (Fsp3) is 0.571. The number of H-pyrrole nitrogens is 1. The number of hydrogen-bond donors (Lipinski definition) is 3. The van der Waals surface area contributed by atoms with Gasteiger partial charge in [-0.15, -0.1) is 0 Å². The van der Waals surface area contributed by atoms with E-state index in [1.54, 1.807) is 0 Å².